The summed E-state index contributed by atoms with van der Waals surface area (Å²) in [6.07, 6.45) is 0. The van der Waals surface area contributed by atoms with Crippen LogP contribution >= 0.6 is 0 Å². The molecule has 0 atom stereocenters. The fourth-order valence-electron chi connectivity index (χ4n) is 5.23. The van der Waals surface area contributed by atoms with Crippen LogP contribution in [-0.4, -0.2) is 0 Å². The van der Waals surface area contributed by atoms with Crippen LogP contribution in [0.1, 0.15) is 37.0 Å². The monoisotopic (exact) mass is 583 g/mol. The maximum absolute atomic E-state index is 9.80. The molecule has 9 aromatic rings. The molecule has 0 amide bonds. The molecule has 0 heterocycles. The summed E-state index contributed by atoms with van der Waals surface area (Å²) in [4.78, 5) is 0. The molecule has 0 unspecified atom stereocenters. The SMILES string of the molecule is [2H]c1cc2c(-c3c([2H])c([2H])c([2H])c(-c4c([2H])c([2H])c5c(c4[2H])c([2H])c([2H])c4c([2H])c([2H])c([2H])c([2H])c45)c3[2H])c3c([2H])c([2H])c([2H])c([2H])c3c(-c3c([2H])c([2H])c4c([2H])c([2H])c([2H])c([2H])c4c3[2H])c2c([2H])c1[2H]. The van der Waals surface area contributed by atoms with Crippen molar-refractivity contribution in [1.82, 2.24) is 0 Å². The first kappa shape index (κ1) is 9.91. The summed E-state index contributed by atoms with van der Waals surface area (Å²) in [5.41, 5.74) is -4.37. The van der Waals surface area contributed by atoms with E-state index in [1.165, 1.54) is 0 Å². The quantitative estimate of drug-likeness (QED) is 0.143. The van der Waals surface area contributed by atoms with Crippen molar-refractivity contribution in [2.75, 3.05) is 0 Å². The zero-order valence-electron chi connectivity index (χ0n) is 49.1. The highest BCUT2D eigenvalue weighted by Crippen LogP contribution is 2.44. The van der Waals surface area contributed by atoms with Crippen LogP contribution in [0.2, 0.25) is 0 Å². The van der Waals surface area contributed by atoms with Crippen molar-refractivity contribution in [1.29, 1.82) is 0 Å². The van der Waals surface area contributed by atoms with Gasteiger partial charge in [0.25, 0.3) is 0 Å². The Morgan fingerprint density at radius 1 is 0.273 bits per heavy atom. The van der Waals surface area contributed by atoms with E-state index in [1.54, 1.807) is 0 Å². The second-order valence-corrected chi connectivity index (χ2v) is 9.58. The molecule has 0 heteroatoms. The summed E-state index contributed by atoms with van der Waals surface area (Å²) in [7, 11) is 0. The van der Waals surface area contributed by atoms with Crippen molar-refractivity contribution in [3.8, 4) is 33.4 Å². The van der Waals surface area contributed by atoms with Crippen LogP contribution in [0.3, 0.4) is 0 Å². The molecule has 44 heavy (non-hydrogen) atoms. The summed E-state index contributed by atoms with van der Waals surface area (Å²) in [6, 6.07) is -22.8. The lowest BCUT2D eigenvalue weighted by atomic mass is 9.85. The van der Waals surface area contributed by atoms with E-state index in [-0.39, 0.29) is 0 Å². The number of rotatable bonds is 3. The minimum absolute atomic E-state index is 0.472. The van der Waals surface area contributed by atoms with E-state index < -0.39 is 250 Å². The Morgan fingerprint density at radius 2 is 0.773 bits per heavy atom. The molecule has 0 spiro atoms. The molecule has 0 aromatic heterocycles. The zero-order valence-corrected chi connectivity index (χ0v) is 22.1. The molecule has 0 saturated heterocycles. The van der Waals surface area contributed by atoms with Gasteiger partial charge >= 0.3 is 0 Å². The van der Waals surface area contributed by atoms with E-state index in [0.29, 0.717) is 0 Å². The fraction of sp³-hybridized carbons (Fsp3) is 0. The van der Waals surface area contributed by atoms with Crippen LogP contribution in [0.5, 0.6) is 0 Å². The van der Waals surface area contributed by atoms with Crippen LogP contribution < -0.4 is 0 Å². The molecule has 0 N–H and O–H groups in total. The summed E-state index contributed by atoms with van der Waals surface area (Å²) in [6.45, 7) is 0. The molecule has 204 valence electrons. The van der Waals surface area contributed by atoms with Gasteiger partial charge in [0.1, 0.15) is 0 Å². The predicted molar refractivity (Wildman–Crippen MR) is 190 cm³/mol. The van der Waals surface area contributed by atoms with Crippen LogP contribution in [0.4, 0.5) is 0 Å². The molecule has 0 aliphatic carbocycles. The van der Waals surface area contributed by atoms with Crippen LogP contribution in [0, 0.1) is 0 Å². The first-order chi connectivity index (χ1) is 33.1. The molecule has 0 radical (unpaired) electrons. The Kier molecular flexibility index (Phi) is 2.24. The summed E-state index contributed by atoms with van der Waals surface area (Å²) < 4.78 is 241. The lowest BCUT2D eigenvalue weighted by Crippen LogP contribution is -1.91. The van der Waals surface area contributed by atoms with Gasteiger partial charge in [0, 0.05) is 0 Å². The molecular formula is C44H28. The van der Waals surface area contributed by atoms with Crippen molar-refractivity contribution in [3.05, 3.63) is 169 Å². The fourth-order valence-corrected chi connectivity index (χ4v) is 5.23. The van der Waals surface area contributed by atoms with E-state index in [9.17, 15) is 13.7 Å². The number of benzene rings is 9. The minimum atomic E-state index is -1.04. The van der Waals surface area contributed by atoms with E-state index in [2.05, 4.69) is 0 Å². The van der Waals surface area contributed by atoms with E-state index in [1.807, 2.05) is 0 Å². The number of fused-ring (bicyclic) bond motifs is 6. The highest BCUT2D eigenvalue weighted by molar-refractivity contribution is 6.22. The van der Waals surface area contributed by atoms with Gasteiger partial charge in [-0.05, 0) is 105 Å². The largest absolute Gasteiger partial charge is 0.0636 e. The van der Waals surface area contributed by atoms with Gasteiger partial charge in [0.05, 0.1) is 37.0 Å². The zero-order chi connectivity index (χ0) is 52.5. The highest BCUT2D eigenvalue weighted by atomic mass is 14.2. The van der Waals surface area contributed by atoms with Crippen molar-refractivity contribution >= 4 is 53.9 Å². The number of hydrogen-bond donors (Lipinski definition) is 0. The van der Waals surface area contributed by atoms with Crippen LogP contribution in [-0.2, 0) is 0 Å². The lowest BCUT2D eigenvalue weighted by molar-refractivity contribution is 1.63. The molecule has 0 nitrogen and oxygen atoms in total. The normalized spacial score (nSPS) is 20.2. The summed E-state index contributed by atoms with van der Waals surface area (Å²) in [5.74, 6) is 0. The Bertz CT molecular complexity index is 4070. The van der Waals surface area contributed by atoms with Gasteiger partial charge in [-0.25, -0.2) is 0 Å². The van der Waals surface area contributed by atoms with Crippen molar-refractivity contribution in [2.45, 2.75) is 0 Å². The van der Waals surface area contributed by atoms with Crippen LogP contribution in [0.25, 0.3) is 87.2 Å². The molecule has 0 saturated carbocycles. The molecule has 0 aliphatic heterocycles. The Balaban J connectivity index is 1.55. The number of hydrogen-bond acceptors (Lipinski definition) is 0. The molecule has 0 fully saturated rings. The summed E-state index contributed by atoms with van der Waals surface area (Å²) in [5, 5.41) is -5.64. The first-order valence-electron chi connectivity index (χ1n) is 26.6. The van der Waals surface area contributed by atoms with Gasteiger partial charge in [0.15, 0.2) is 0 Å². The maximum atomic E-state index is 9.80. The third-order valence-corrected chi connectivity index (χ3v) is 7.14. The molecule has 0 aliphatic rings. The predicted octanol–water partition coefficient (Wildman–Crippen LogP) is 12.5. The standard InChI is InChI=1S/C44H28/c1-2-12-31-27-36(23-20-29(31)10-1)44-41-18-7-5-16-39(41)43(40-17-6-8-19-42(40)44)35-14-9-13-32(28-35)33-24-25-38-34(26-33)22-21-30-11-3-4-15-37(30)38/h1-28H/i1D,2D,3D,4D,5D,6D,7D,8D,9D,10D,11D,12D,13D,14D,15D,16D,18D,19D,20D,21D,22D,23D,24D,25D,26D,27D,28D. The smallest absolute Gasteiger partial charge is 0.0616 e. The highest BCUT2D eigenvalue weighted by Gasteiger charge is 2.17. The molecule has 0 bridgehead atoms. The van der Waals surface area contributed by atoms with Gasteiger partial charge in [-0.2, -0.15) is 0 Å². The van der Waals surface area contributed by atoms with E-state index in [4.69, 9.17) is 23.3 Å². The Hall–Kier alpha value is -5.72. The molecular weight excluding hydrogens is 528 g/mol. The topological polar surface area (TPSA) is 0 Å². The van der Waals surface area contributed by atoms with Gasteiger partial charge in [0.2, 0.25) is 0 Å². The second-order valence-electron chi connectivity index (χ2n) is 9.58. The molecule has 9 aromatic carbocycles. The average molecular weight is 584 g/mol. The minimum Gasteiger partial charge on any atom is -0.0616 e. The summed E-state index contributed by atoms with van der Waals surface area (Å²) >= 11 is 0. The van der Waals surface area contributed by atoms with Crippen molar-refractivity contribution < 1.29 is 37.0 Å². The first-order valence-corrected chi connectivity index (χ1v) is 13.1. The average Bonchev–Trinajstić information content (AvgIpc) is 3.33. The van der Waals surface area contributed by atoms with Gasteiger partial charge < -0.3 is 0 Å². The van der Waals surface area contributed by atoms with Gasteiger partial charge in [-0.15, -0.1) is 0 Å². The van der Waals surface area contributed by atoms with Crippen molar-refractivity contribution in [2.24, 2.45) is 0 Å². The van der Waals surface area contributed by atoms with Crippen molar-refractivity contribution in [3.63, 3.8) is 0 Å². The Labute approximate surface area is 294 Å². The van der Waals surface area contributed by atoms with Gasteiger partial charge in [-0.1, -0.05) is 151 Å². The van der Waals surface area contributed by atoms with Crippen LogP contribution in [0.15, 0.2) is 169 Å². The Morgan fingerprint density at radius 3 is 1.61 bits per heavy atom. The third kappa shape index (κ3) is 3.92. The van der Waals surface area contributed by atoms with Gasteiger partial charge in [-0.3, -0.25) is 0 Å². The molecule has 9 rings (SSSR count). The van der Waals surface area contributed by atoms with E-state index in [0.717, 1.165) is 6.07 Å². The van der Waals surface area contributed by atoms with E-state index >= 15 is 0 Å². The third-order valence-electron chi connectivity index (χ3n) is 7.14. The lowest BCUT2D eigenvalue weighted by Gasteiger charge is -2.18. The second kappa shape index (κ2) is 9.93. The maximum Gasteiger partial charge on any atom is 0.0636 e.